The molecule has 0 bridgehead atoms. The first-order valence-corrected chi connectivity index (χ1v) is 7.56. The van der Waals surface area contributed by atoms with Crippen molar-refractivity contribution in [1.29, 1.82) is 0 Å². The molecule has 24 heavy (non-hydrogen) atoms. The van der Waals surface area contributed by atoms with Crippen LogP contribution in [0, 0.1) is 5.82 Å². The molecule has 3 rings (SSSR count). The third kappa shape index (κ3) is 3.05. The predicted octanol–water partition coefficient (Wildman–Crippen LogP) is 3.63. The van der Waals surface area contributed by atoms with Gasteiger partial charge in [-0.1, -0.05) is 41.9 Å². The Hall–Kier alpha value is -2.60. The highest BCUT2D eigenvalue weighted by Gasteiger charge is 2.41. The Morgan fingerprint density at radius 2 is 2.00 bits per heavy atom. The van der Waals surface area contributed by atoms with Gasteiger partial charge in [0.25, 0.3) is 0 Å². The minimum atomic E-state index is -1.21. The molecule has 0 radical (unpaired) electrons. The number of hydrogen-bond donors (Lipinski definition) is 1. The Morgan fingerprint density at radius 1 is 1.29 bits per heavy atom. The third-order valence-corrected chi connectivity index (χ3v) is 4.13. The number of carbonyl (C=O) groups excluding carboxylic acids is 1. The number of rotatable bonds is 3. The second kappa shape index (κ2) is 6.49. The zero-order chi connectivity index (χ0) is 17.3. The Kier molecular flexibility index (Phi) is 4.40. The number of carboxylic acid groups (broad SMARTS) is 1. The molecule has 0 fully saturated rings. The monoisotopic (exact) mass is 349 g/mol. The summed E-state index contributed by atoms with van der Waals surface area (Å²) in [4.78, 5) is 24.8. The molecule has 0 unspecified atom stereocenters. The van der Waals surface area contributed by atoms with Gasteiger partial charge in [-0.15, -0.1) is 0 Å². The van der Waals surface area contributed by atoms with Crippen LogP contribution in [0.5, 0.6) is 0 Å². The number of aliphatic carboxylic acids is 1. The van der Waals surface area contributed by atoms with Crippen molar-refractivity contribution in [3.05, 3.63) is 64.4 Å². The largest absolute Gasteiger partial charge is 0.480 e. The van der Waals surface area contributed by atoms with Crippen molar-refractivity contribution in [3.8, 4) is 0 Å². The molecule has 0 saturated heterocycles. The van der Waals surface area contributed by atoms with E-state index >= 15 is 0 Å². The first kappa shape index (κ1) is 16.3. The van der Waals surface area contributed by atoms with Crippen LogP contribution in [0.25, 0.3) is 0 Å². The minimum Gasteiger partial charge on any atom is -0.480 e. The molecule has 1 amide bonds. The number of hydrogen-bond acceptors (Lipinski definition) is 3. The van der Waals surface area contributed by atoms with E-state index in [1.807, 2.05) is 6.07 Å². The van der Waals surface area contributed by atoms with Crippen molar-refractivity contribution in [3.63, 3.8) is 0 Å². The molecule has 0 aromatic heterocycles. The van der Waals surface area contributed by atoms with E-state index in [-0.39, 0.29) is 23.7 Å². The van der Waals surface area contributed by atoms with E-state index < -0.39 is 23.9 Å². The first-order chi connectivity index (χ1) is 11.5. The van der Waals surface area contributed by atoms with Crippen LogP contribution in [0.2, 0.25) is 5.02 Å². The number of carboxylic acids is 1. The lowest BCUT2D eigenvalue weighted by Gasteiger charge is -2.22. The van der Waals surface area contributed by atoms with Gasteiger partial charge in [-0.3, -0.25) is 4.90 Å². The van der Waals surface area contributed by atoms with Crippen molar-refractivity contribution < 1.29 is 23.8 Å². The second-order valence-electron chi connectivity index (χ2n) is 5.35. The van der Waals surface area contributed by atoms with E-state index in [0.717, 1.165) is 22.6 Å². The fourth-order valence-electron chi connectivity index (χ4n) is 2.67. The third-order valence-electron chi connectivity index (χ3n) is 3.79. The predicted molar refractivity (Wildman–Crippen MR) is 85.6 cm³/mol. The van der Waals surface area contributed by atoms with Gasteiger partial charge < -0.3 is 9.84 Å². The number of ether oxygens (including phenoxy) is 1. The van der Waals surface area contributed by atoms with Gasteiger partial charge in [0.05, 0.1) is 5.69 Å². The molecule has 1 aliphatic heterocycles. The molecular weight excluding hydrogens is 337 g/mol. The maximum absolute atomic E-state index is 13.6. The summed E-state index contributed by atoms with van der Waals surface area (Å²) < 4.78 is 18.8. The topological polar surface area (TPSA) is 66.8 Å². The van der Waals surface area contributed by atoms with Gasteiger partial charge in [-0.05, 0) is 23.3 Å². The van der Waals surface area contributed by atoms with Gasteiger partial charge in [-0.25, -0.2) is 14.0 Å². The summed E-state index contributed by atoms with van der Waals surface area (Å²) in [5.74, 6) is -1.86. The van der Waals surface area contributed by atoms with E-state index in [1.54, 1.807) is 24.3 Å². The van der Waals surface area contributed by atoms with Gasteiger partial charge in [0.15, 0.2) is 0 Å². The van der Waals surface area contributed by atoms with Gasteiger partial charge in [-0.2, -0.15) is 0 Å². The average molecular weight is 350 g/mol. The van der Waals surface area contributed by atoms with Crippen molar-refractivity contribution in [1.82, 2.24) is 0 Å². The summed E-state index contributed by atoms with van der Waals surface area (Å²) in [6.45, 7) is -0.0130. The molecule has 1 aliphatic rings. The highest BCUT2D eigenvalue weighted by Crippen LogP contribution is 2.38. The normalized spacial score (nSPS) is 15.9. The number of nitrogens with zero attached hydrogens (tertiary/aromatic N) is 1. The Morgan fingerprint density at radius 3 is 2.67 bits per heavy atom. The number of benzene rings is 2. The quantitative estimate of drug-likeness (QED) is 0.918. The number of fused-ring (bicyclic) bond motifs is 1. The second-order valence-corrected chi connectivity index (χ2v) is 5.76. The Balaban J connectivity index is 1.87. The fraction of sp³-hybridized carbons (Fsp3) is 0.176. The summed E-state index contributed by atoms with van der Waals surface area (Å²) >= 11 is 5.98. The Labute approximate surface area is 142 Å². The maximum atomic E-state index is 13.6. The summed E-state index contributed by atoms with van der Waals surface area (Å²) in [5, 5.41) is 9.46. The van der Waals surface area contributed by atoms with Crippen molar-refractivity contribution in [2.24, 2.45) is 0 Å². The van der Waals surface area contributed by atoms with Crippen LogP contribution in [0.1, 0.15) is 11.1 Å². The van der Waals surface area contributed by atoms with Crippen molar-refractivity contribution >= 4 is 29.4 Å². The minimum absolute atomic E-state index is 0.00418. The van der Waals surface area contributed by atoms with Crippen LogP contribution >= 0.6 is 11.6 Å². The van der Waals surface area contributed by atoms with E-state index in [1.165, 1.54) is 0 Å². The van der Waals surface area contributed by atoms with Gasteiger partial charge in [0.1, 0.15) is 18.5 Å². The molecule has 5 nitrogen and oxygen atoms in total. The van der Waals surface area contributed by atoms with Crippen LogP contribution in [0.4, 0.5) is 14.9 Å². The van der Waals surface area contributed by atoms with Gasteiger partial charge >= 0.3 is 12.1 Å². The highest BCUT2D eigenvalue weighted by molar-refractivity contribution is 6.32. The van der Waals surface area contributed by atoms with Gasteiger partial charge in [0.2, 0.25) is 0 Å². The van der Waals surface area contributed by atoms with E-state index in [9.17, 15) is 19.1 Å². The molecule has 7 heteroatoms. The van der Waals surface area contributed by atoms with Crippen LogP contribution in [-0.2, 0) is 22.6 Å². The molecule has 0 spiro atoms. The smallest absolute Gasteiger partial charge is 0.415 e. The number of halogens is 2. The lowest BCUT2D eigenvalue weighted by atomic mass is 10.1. The molecule has 1 heterocycles. The van der Waals surface area contributed by atoms with E-state index in [0.29, 0.717) is 5.56 Å². The van der Waals surface area contributed by atoms with Crippen LogP contribution < -0.4 is 4.90 Å². The molecule has 0 aliphatic carbocycles. The van der Waals surface area contributed by atoms with E-state index in [2.05, 4.69) is 0 Å². The molecule has 124 valence electrons. The standard InChI is InChI=1S/C17H13ClFNO4/c18-13-6-11(19)7-14-12(13)8-15(16(21)22)20(14)17(23)24-9-10-4-2-1-3-5-10/h1-7,15H,8-9H2,(H,21,22)/t15-/m0/s1. The van der Waals surface area contributed by atoms with Crippen molar-refractivity contribution in [2.45, 2.75) is 19.1 Å². The molecule has 0 saturated carbocycles. The first-order valence-electron chi connectivity index (χ1n) is 7.18. The number of carbonyl (C=O) groups is 2. The SMILES string of the molecule is O=C(O)[C@@H]1Cc2c(Cl)cc(F)cc2N1C(=O)OCc1ccccc1. The van der Waals surface area contributed by atoms with Crippen LogP contribution in [0.3, 0.4) is 0 Å². The van der Waals surface area contributed by atoms with Gasteiger partial charge in [0, 0.05) is 11.4 Å². The summed E-state index contributed by atoms with van der Waals surface area (Å²) in [5.41, 5.74) is 1.31. The maximum Gasteiger partial charge on any atom is 0.415 e. The molecule has 2 aromatic rings. The molecular formula is C17H13ClFNO4. The average Bonchev–Trinajstić information content (AvgIpc) is 2.93. The molecule has 1 N–H and O–H groups in total. The van der Waals surface area contributed by atoms with Crippen molar-refractivity contribution in [2.75, 3.05) is 4.90 Å². The number of amides is 1. The lowest BCUT2D eigenvalue weighted by molar-refractivity contribution is -0.138. The van der Waals surface area contributed by atoms with E-state index in [4.69, 9.17) is 16.3 Å². The van der Waals surface area contributed by atoms with Crippen LogP contribution in [-0.4, -0.2) is 23.2 Å². The summed E-state index contributed by atoms with van der Waals surface area (Å²) in [6, 6.07) is 9.97. The lowest BCUT2D eigenvalue weighted by Crippen LogP contribution is -2.43. The Bertz CT molecular complexity index is 797. The van der Waals surface area contributed by atoms with Crippen LogP contribution in [0.15, 0.2) is 42.5 Å². The highest BCUT2D eigenvalue weighted by atomic mass is 35.5. The summed E-state index contributed by atoms with van der Waals surface area (Å²) in [6.07, 6.45) is -0.851. The number of anilines is 1. The molecule has 2 aromatic carbocycles. The molecule has 1 atom stereocenters. The summed E-state index contributed by atoms with van der Waals surface area (Å²) in [7, 11) is 0. The fourth-order valence-corrected chi connectivity index (χ4v) is 2.95. The zero-order valence-corrected chi connectivity index (χ0v) is 13.2. The zero-order valence-electron chi connectivity index (χ0n) is 12.4.